The monoisotopic (exact) mass is 308 g/mol. The summed E-state index contributed by atoms with van der Waals surface area (Å²) in [4.78, 5) is 11.8. The zero-order chi connectivity index (χ0) is 13.8. The molecule has 1 aliphatic heterocycles. The predicted octanol–water partition coefficient (Wildman–Crippen LogP) is 2.66. The zero-order valence-electron chi connectivity index (χ0n) is 11.9. The minimum absolute atomic E-state index is 0. The fourth-order valence-corrected chi connectivity index (χ4v) is 2.71. The molecule has 1 aliphatic rings. The molecule has 0 saturated carbocycles. The molecule has 5 heteroatoms. The second-order valence-corrected chi connectivity index (χ2v) is 5.35. The Bertz CT molecular complexity index is 558. The molecular weight excluding hydrogens is 288 g/mol. The van der Waals surface area contributed by atoms with E-state index in [4.69, 9.17) is 4.42 Å². The Labute approximate surface area is 130 Å². The van der Waals surface area contributed by atoms with Gasteiger partial charge in [-0.15, -0.1) is 12.4 Å². The second-order valence-electron chi connectivity index (χ2n) is 5.35. The van der Waals surface area contributed by atoms with Crippen LogP contribution in [0.4, 0.5) is 0 Å². The molecule has 0 aliphatic carbocycles. The number of nitrogens with one attached hydrogen (secondary N) is 2. The van der Waals surface area contributed by atoms with Gasteiger partial charge in [-0.25, -0.2) is 0 Å². The van der Waals surface area contributed by atoms with Crippen molar-refractivity contribution >= 4 is 29.3 Å². The molecule has 1 unspecified atom stereocenters. The molecule has 1 fully saturated rings. The van der Waals surface area contributed by atoms with Crippen LogP contribution in [0.3, 0.4) is 0 Å². The topological polar surface area (TPSA) is 54.3 Å². The molecule has 1 aromatic carbocycles. The second kappa shape index (κ2) is 7.48. The van der Waals surface area contributed by atoms with Crippen molar-refractivity contribution in [3.63, 3.8) is 0 Å². The van der Waals surface area contributed by atoms with E-state index in [2.05, 4.69) is 10.6 Å². The maximum absolute atomic E-state index is 11.8. The lowest BCUT2D eigenvalue weighted by atomic mass is 10.1. The number of rotatable bonds is 5. The smallest absolute Gasteiger partial charge is 0.221 e. The molecule has 0 bridgehead atoms. The summed E-state index contributed by atoms with van der Waals surface area (Å²) in [5.74, 6) is 1.05. The van der Waals surface area contributed by atoms with Crippen molar-refractivity contribution in [2.75, 3.05) is 13.1 Å². The minimum atomic E-state index is 0. The van der Waals surface area contributed by atoms with Gasteiger partial charge in [0.1, 0.15) is 11.3 Å². The molecule has 1 aromatic heterocycles. The van der Waals surface area contributed by atoms with Crippen molar-refractivity contribution in [3.8, 4) is 0 Å². The number of benzene rings is 1. The number of halogens is 1. The molecule has 2 N–H and O–H groups in total. The Hall–Kier alpha value is -1.52. The third-order valence-electron chi connectivity index (χ3n) is 3.76. The van der Waals surface area contributed by atoms with E-state index in [0.29, 0.717) is 19.0 Å². The highest BCUT2D eigenvalue weighted by molar-refractivity contribution is 5.85. The summed E-state index contributed by atoms with van der Waals surface area (Å²) in [6.45, 7) is 1.67. The third kappa shape index (κ3) is 4.22. The van der Waals surface area contributed by atoms with Gasteiger partial charge in [0, 0.05) is 30.8 Å². The predicted molar refractivity (Wildman–Crippen MR) is 85.8 cm³/mol. The number of para-hydroxylation sites is 1. The maximum Gasteiger partial charge on any atom is 0.221 e. The SMILES string of the molecule is Cl.O=C(CC1CCCN1)NCCc1cc2ccccc2o1. The lowest BCUT2D eigenvalue weighted by Gasteiger charge is -2.09. The van der Waals surface area contributed by atoms with Crippen molar-refractivity contribution < 1.29 is 9.21 Å². The van der Waals surface area contributed by atoms with Crippen molar-refractivity contribution in [3.05, 3.63) is 36.1 Å². The highest BCUT2D eigenvalue weighted by atomic mass is 35.5. The fraction of sp³-hybridized carbons (Fsp3) is 0.438. The molecule has 1 atom stereocenters. The molecule has 114 valence electrons. The molecule has 2 heterocycles. The van der Waals surface area contributed by atoms with E-state index >= 15 is 0 Å². The van der Waals surface area contributed by atoms with Crippen LogP contribution in [-0.4, -0.2) is 25.0 Å². The number of carbonyl (C=O) groups is 1. The van der Waals surface area contributed by atoms with Crippen molar-refractivity contribution in [2.45, 2.75) is 31.7 Å². The lowest BCUT2D eigenvalue weighted by molar-refractivity contribution is -0.121. The third-order valence-corrected chi connectivity index (χ3v) is 3.76. The Morgan fingerprint density at radius 2 is 2.24 bits per heavy atom. The van der Waals surface area contributed by atoms with E-state index in [9.17, 15) is 4.79 Å². The number of hydrogen-bond acceptors (Lipinski definition) is 3. The molecule has 3 rings (SSSR count). The summed E-state index contributed by atoms with van der Waals surface area (Å²) in [5, 5.41) is 7.41. The maximum atomic E-state index is 11.8. The summed E-state index contributed by atoms with van der Waals surface area (Å²) < 4.78 is 5.72. The Balaban J connectivity index is 0.00000161. The molecule has 0 radical (unpaired) electrons. The first-order valence-electron chi connectivity index (χ1n) is 7.29. The largest absolute Gasteiger partial charge is 0.461 e. The van der Waals surface area contributed by atoms with Gasteiger partial charge in [-0.05, 0) is 31.5 Å². The van der Waals surface area contributed by atoms with Crippen LogP contribution in [0, 0.1) is 0 Å². The van der Waals surface area contributed by atoms with E-state index in [1.54, 1.807) is 0 Å². The van der Waals surface area contributed by atoms with Gasteiger partial charge in [-0.2, -0.15) is 0 Å². The van der Waals surface area contributed by atoms with E-state index in [-0.39, 0.29) is 18.3 Å². The Morgan fingerprint density at radius 3 is 3.00 bits per heavy atom. The molecule has 2 aromatic rings. The van der Waals surface area contributed by atoms with Crippen LogP contribution < -0.4 is 10.6 Å². The van der Waals surface area contributed by atoms with E-state index in [0.717, 1.165) is 36.1 Å². The van der Waals surface area contributed by atoms with Crippen LogP contribution in [0.15, 0.2) is 34.7 Å². The highest BCUT2D eigenvalue weighted by Crippen LogP contribution is 2.18. The molecule has 1 saturated heterocycles. The number of carbonyl (C=O) groups excluding carboxylic acids is 1. The van der Waals surface area contributed by atoms with Gasteiger partial charge in [0.2, 0.25) is 5.91 Å². The van der Waals surface area contributed by atoms with Gasteiger partial charge in [0.05, 0.1) is 0 Å². The number of furan rings is 1. The number of hydrogen-bond donors (Lipinski definition) is 2. The van der Waals surface area contributed by atoms with Gasteiger partial charge in [-0.3, -0.25) is 4.79 Å². The first-order valence-corrected chi connectivity index (χ1v) is 7.29. The molecule has 4 nitrogen and oxygen atoms in total. The molecule has 21 heavy (non-hydrogen) atoms. The molecule has 0 spiro atoms. The lowest BCUT2D eigenvalue weighted by Crippen LogP contribution is -2.32. The zero-order valence-corrected chi connectivity index (χ0v) is 12.7. The summed E-state index contributed by atoms with van der Waals surface area (Å²) >= 11 is 0. The van der Waals surface area contributed by atoms with Crippen LogP contribution in [0.25, 0.3) is 11.0 Å². The highest BCUT2D eigenvalue weighted by Gasteiger charge is 2.17. The van der Waals surface area contributed by atoms with Crippen LogP contribution in [-0.2, 0) is 11.2 Å². The Morgan fingerprint density at radius 1 is 1.38 bits per heavy atom. The summed E-state index contributed by atoms with van der Waals surface area (Å²) in [5.41, 5.74) is 0.906. The van der Waals surface area contributed by atoms with Gasteiger partial charge >= 0.3 is 0 Å². The first kappa shape index (κ1) is 15.9. The van der Waals surface area contributed by atoms with Gasteiger partial charge in [0.25, 0.3) is 0 Å². The van der Waals surface area contributed by atoms with E-state index < -0.39 is 0 Å². The van der Waals surface area contributed by atoms with Gasteiger partial charge < -0.3 is 15.1 Å². The summed E-state index contributed by atoms with van der Waals surface area (Å²) in [7, 11) is 0. The quantitative estimate of drug-likeness (QED) is 0.893. The van der Waals surface area contributed by atoms with E-state index in [1.165, 1.54) is 6.42 Å². The van der Waals surface area contributed by atoms with Gasteiger partial charge in [-0.1, -0.05) is 18.2 Å². The average Bonchev–Trinajstić information content (AvgIpc) is 3.07. The first-order chi connectivity index (χ1) is 9.81. The molecular formula is C16H21ClN2O2. The van der Waals surface area contributed by atoms with Crippen molar-refractivity contribution in [1.82, 2.24) is 10.6 Å². The van der Waals surface area contributed by atoms with Crippen LogP contribution in [0.5, 0.6) is 0 Å². The van der Waals surface area contributed by atoms with Crippen LogP contribution in [0.1, 0.15) is 25.0 Å². The van der Waals surface area contributed by atoms with Gasteiger partial charge in [0.15, 0.2) is 0 Å². The Kier molecular flexibility index (Phi) is 5.65. The normalized spacial score (nSPS) is 17.6. The van der Waals surface area contributed by atoms with Crippen molar-refractivity contribution in [2.24, 2.45) is 0 Å². The van der Waals surface area contributed by atoms with Crippen LogP contribution in [0.2, 0.25) is 0 Å². The minimum Gasteiger partial charge on any atom is -0.461 e. The summed E-state index contributed by atoms with van der Waals surface area (Å²) in [6, 6.07) is 10.4. The summed E-state index contributed by atoms with van der Waals surface area (Å²) in [6.07, 6.45) is 3.60. The molecule has 1 amide bonds. The van der Waals surface area contributed by atoms with Crippen LogP contribution >= 0.6 is 12.4 Å². The average molecular weight is 309 g/mol. The van der Waals surface area contributed by atoms with E-state index in [1.807, 2.05) is 30.3 Å². The van der Waals surface area contributed by atoms with Crippen molar-refractivity contribution in [1.29, 1.82) is 0 Å². The fourth-order valence-electron chi connectivity index (χ4n) is 2.71. The number of fused-ring (bicyclic) bond motifs is 1. The number of amides is 1. The standard InChI is InChI=1S/C16H20N2O2.ClH/c19-16(11-13-5-3-8-17-13)18-9-7-14-10-12-4-1-2-6-15(12)20-14;/h1-2,4,6,10,13,17H,3,5,7-9,11H2,(H,18,19);1H.